The molecule has 3 rings (SSSR count). The zero-order chi connectivity index (χ0) is 22.2. The van der Waals surface area contributed by atoms with Crippen molar-refractivity contribution in [3.05, 3.63) is 87.4 Å². The number of halogens is 1. The van der Waals surface area contributed by atoms with Crippen LogP contribution in [0.25, 0.3) is 0 Å². The number of rotatable bonds is 8. The van der Waals surface area contributed by atoms with Gasteiger partial charge in [0.15, 0.2) is 11.5 Å². The van der Waals surface area contributed by atoms with Crippen molar-refractivity contribution in [2.75, 3.05) is 14.2 Å². The van der Waals surface area contributed by atoms with Crippen molar-refractivity contribution in [2.24, 2.45) is 5.10 Å². The number of nitrogens with one attached hydrogen (secondary N) is 1. The molecule has 0 aliphatic carbocycles. The van der Waals surface area contributed by atoms with Gasteiger partial charge in [0.05, 0.1) is 24.9 Å². The molecule has 0 aliphatic heterocycles. The molecule has 0 radical (unpaired) electrons. The number of amides is 1. The van der Waals surface area contributed by atoms with Gasteiger partial charge in [0.2, 0.25) is 0 Å². The third kappa shape index (κ3) is 6.08. The Labute approximate surface area is 190 Å². The largest absolute Gasteiger partial charge is 0.497 e. The number of aryl methyl sites for hydroxylation is 1. The van der Waals surface area contributed by atoms with Crippen molar-refractivity contribution in [2.45, 2.75) is 13.5 Å². The van der Waals surface area contributed by atoms with Crippen LogP contribution < -0.4 is 19.6 Å². The predicted octanol–water partition coefficient (Wildman–Crippen LogP) is 5.12. The molecule has 6 nitrogen and oxygen atoms in total. The van der Waals surface area contributed by atoms with Crippen molar-refractivity contribution in [3.63, 3.8) is 0 Å². The summed E-state index contributed by atoms with van der Waals surface area (Å²) in [6.07, 6.45) is 1.54. The fraction of sp³-hybridized carbons (Fsp3) is 0.167. The third-order valence-corrected chi connectivity index (χ3v) is 5.06. The maximum absolute atomic E-state index is 12.3. The molecule has 0 spiro atoms. The lowest BCUT2D eigenvalue weighted by molar-refractivity contribution is 0.0955. The lowest BCUT2D eigenvalue weighted by Gasteiger charge is -2.13. The van der Waals surface area contributed by atoms with Gasteiger partial charge >= 0.3 is 0 Å². The highest BCUT2D eigenvalue weighted by Gasteiger charge is 2.12. The molecule has 7 heteroatoms. The SMILES string of the molecule is COc1cccc(C(=O)N/N=C\c2cc(Br)c(OCc3ccc(C)cc3)c(OC)c2)c1. The van der Waals surface area contributed by atoms with Crippen LogP contribution in [0.4, 0.5) is 0 Å². The van der Waals surface area contributed by atoms with Crippen LogP contribution >= 0.6 is 15.9 Å². The molecule has 0 aliphatic rings. The van der Waals surface area contributed by atoms with Gasteiger partial charge in [0.1, 0.15) is 12.4 Å². The molecule has 31 heavy (non-hydrogen) atoms. The van der Waals surface area contributed by atoms with E-state index in [1.165, 1.54) is 11.8 Å². The summed E-state index contributed by atoms with van der Waals surface area (Å²) in [5.74, 6) is 1.42. The number of methoxy groups -OCH3 is 2. The van der Waals surface area contributed by atoms with E-state index in [0.29, 0.717) is 29.4 Å². The summed E-state index contributed by atoms with van der Waals surface area (Å²) in [4.78, 5) is 12.3. The third-order valence-electron chi connectivity index (χ3n) is 4.47. The monoisotopic (exact) mass is 482 g/mol. The second kappa shape index (κ2) is 10.6. The molecule has 1 N–H and O–H groups in total. The van der Waals surface area contributed by atoms with Crippen LogP contribution in [0.2, 0.25) is 0 Å². The fourth-order valence-electron chi connectivity index (χ4n) is 2.79. The summed E-state index contributed by atoms with van der Waals surface area (Å²) >= 11 is 3.53. The van der Waals surface area contributed by atoms with E-state index in [9.17, 15) is 4.79 Å². The lowest BCUT2D eigenvalue weighted by Crippen LogP contribution is -2.17. The Bertz CT molecular complexity index is 1080. The van der Waals surface area contributed by atoms with Crippen LogP contribution in [0, 0.1) is 6.92 Å². The number of ether oxygens (including phenoxy) is 3. The number of hydrazone groups is 1. The Morgan fingerprint density at radius 3 is 2.55 bits per heavy atom. The van der Waals surface area contributed by atoms with E-state index in [4.69, 9.17) is 14.2 Å². The van der Waals surface area contributed by atoms with Gasteiger partial charge < -0.3 is 14.2 Å². The number of hydrogen-bond donors (Lipinski definition) is 1. The van der Waals surface area contributed by atoms with Crippen LogP contribution in [0.15, 0.2) is 70.2 Å². The predicted molar refractivity (Wildman–Crippen MR) is 124 cm³/mol. The first kappa shape index (κ1) is 22.4. The first-order valence-electron chi connectivity index (χ1n) is 9.53. The normalized spacial score (nSPS) is 10.7. The van der Waals surface area contributed by atoms with Gasteiger partial charge in [-0.1, -0.05) is 35.9 Å². The van der Waals surface area contributed by atoms with Crippen LogP contribution in [0.5, 0.6) is 17.2 Å². The van der Waals surface area contributed by atoms with Gasteiger partial charge in [0, 0.05) is 5.56 Å². The molecule has 0 atom stereocenters. The highest BCUT2D eigenvalue weighted by atomic mass is 79.9. The first-order chi connectivity index (χ1) is 15.0. The zero-order valence-corrected chi connectivity index (χ0v) is 19.1. The summed E-state index contributed by atoms with van der Waals surface area (Å²) < 4.78 is 17.3. The van der Waals surface area contributed by atoms with Crippen LogP contribution in [-0.4, -0.2) is 26.3 Å². The number of hydrogen-bond acceptors (Lipinski definition) is 5. The quantitative estimate of drug-likeness (QED) is 0.357. The Kier molecular flexibility index (Phi) is 7.67. The summed E-state index contributed by atoms with van der Waals surface area (Å²) in [7, 11) is 3.13. The Balaban J connectivity index is 1.68. The van der Waals surface area contributed by atoms with Gasteiger partial charge in [0.25, 0.3) is 5.91 Å². The summed E-state index contributed by atoms with van der Waals surface area (Å²) in [6, 6.07) is 18.6. The minimum absolute atomic E-state index is 0.334. The summed E-state index contributed by atoms with van der Waals surface area (Å²) in [5, 5.41) is 4.04. The van der Waals surface area contributed by atoms with E-state index < -0.39 is 0 Å². The van der Waals surface area contributed by atoms with Crippen molar-refractivity contribution >= 4 is 28.1 Å². The van der Waals surface area contributed by atoms with Gasteiger partial charge in [-0.2, -0.15) is 5.10 Å². The van der Waals surface area contributed by atoms with E-state index in [0.717, 1.165) is 15.6 Å². The highest BCUT2D eigenvalue weighted by Crippen LogP contribution is 2.36. The molecule has 0 saturated carbocycles. The van der Waals surface area contributed by atoms with Crippen molar-refractivity contribution in [1.82, 2.24) is 5.43 Å². The molecule has 160 valence electrons. The molecule has 0 bridgehead atoms. The van der Waals surface area contributed by atoms with E-state index in [-0.39, 0.29) is 5.91 Å². The summed E-state index contributed by atoms with van der Waals surface area (Å²) in [5.41, 5.74) is 5.96. The zero-order valence-electron chi connectivity index (χ0n) is 17.5. The van der Waals surface area contributed by atoms with Gasteiger partial charge in [-0.3, -0.25) is 4.79 Å². The highest BCUT2D eigenvalue weighted by molar-refractivity contribution is 9.10. The Morgan fingerprint density at radius 2 is 1.84 bits per heavy atom. The van der Waals surface area contributed by atoms with Crippen LogP contribution in [0.3, 0.4) is 0 Å². The molecular weight excluding hydrogens is 460 g/mol. The molecule has 0 heterocycles. The van der Waals surface area contributed by atoms with Gasteiger partial charge in [-0.25, -0.2) is 5.43 Å². The van der Waals surface area contributed by atoms with Crippen molar-refractivity contribution in [1.29, 1.82) is 0 Å². The molecule has 3 aromatic rings. The Morgan fingerprint density at radius 1 is 1.06 bits per heavy atom. The maximum atomic E-state index is 12.3. The number of benzene rings is 3. The van der Waals surface area contributed by atoms with E-state index in [1.54, 1.807) is 44.6 Å². The molecule has 0 aromatic heterocycles. The molecule has 0 unspecified atom stereocenters. The maximum Gasteiger partial charge on any atom is 0.271 e. The van der Waals surface area contributed by atoms with Crippen LogP contribution in [-0.2, 0) is 6.61 Å². The van der Waals surface area contributed by atoms with E-state index >= 15 is 0 Å². The van der Waals surface area contributed by atoms with E-state index in [2.05, 4.69) is 26.5 Å². The average molecular weight is 483 g/mol. The number of carbonyl (C=O) groups excluding carboxylic acids is 1. The van der Waals surface area contributed by atoms with Crippen molar-refractivity contribution in [3.8, 4) is 17.2 Å². The first-order valence-corrected chi connectivity index (χ1v) is 10.3. The summed E-state index contributed by atoms with van der Waals surface area (Å²) in [6.45, 7) is 2.46. The second-order valence-electron chi connectivity index (χ2n) is 6.74. The molecule has 3 aromatic carbocycles. The average Bonchev–Trinajstić information content (AvgIpc) is 2.79. The molecule has 0 saturated heterocycles. The lowest BCUT2D eigenvalue weighted by atomic mass is 10.2. The van der Waals surface area contributed by atoms with E-state index in [1.807, 2.05) is 37.3 Å². The second-order valence-corrected chi connectivity index (χ2v) is 7.59. The Hall–Kier alpha value is -3.32. The van der Waals surface area contributed by atoms with Crippen LogP contribution in [0.1, 0.15) is 27.0 Å². The minimum Gasteiger partial charge on any atom is -0.497 e. The smallest absolute Gasteiger partial charge is 0.271 e. The standard InChI is InChI=1S/C24H23BrN2O4/c1-16-7-9-17(10-8-16)15-31-23-21(25)11-18(12-22(23)30-3)14-26-27-24(28)19-5-4-6-20(13-19)29-2/h4-14H,15H2,1-3H3,(H,27,28)/b26-14-. The molecular formula is C24H23BrN2O4. The topological polar surface area (TPSA) is 69.2 Å². The number of carbonyl (C=O) groups is 1. The fourth-order valence-corrected chi connectivity index (χ4v) is 3.36. The van der Waals surface area contributed by atoms with Crippen molar-refractivity contribution < 1.29 is 19.0 Å². The number of nitrogens with zero attached hydrogens (tertiary/aromatic N) is 1. The van der Waals surface area contributed by atoms with Gasteiger partial charge in [-0.15, -0.1) is 0 Å². The molecule has 0 fully saturated rings. The van der Waals surface area contributed by atoms with Gasteiger partial charge in [-0.05, 0) is 64.3 Å². The molecule has 1 amide bonds. The minimum atomic E-state index is -0.334.